The molecule has 26 heavy (non-hydrogen) atoms. The van der Waals surface area contributed by atoms with Crippen LogP contribution in [0.3, 0.4) is 0 Å². The summed E-state index contributed by atoms with van der Waals surface area (Å²) in [6, 6.07) is 8.86. The second-order valence-electron chi connectivity index (χ2n) is 5.77. The number of halogens is 2. The third kappa shape index (κ3) is 4.12. The first-order valence-electron chi connectivity index (χ1n) is 7.92. The van der Waals surface area contributed by atoms with Crippen molar-refractivity contribution < 1.29 is 23.8 Å². The Bertz CT molecular complexity index is 859. The minimum Gasteiger partial charge on any atom is -0.493 e. The molecule has 0 fully saturated rings. The Balaban J connectivity index is 1.54. The highest BCUT2D eigenvalue weighted by Crippen LogP contribution is 2.28. The van der Waals surface area contributed by atoms with Crippen molar-refractivity contribution in [3.05, 3.63) is 58.4 Å². The second-order valence-corrected chi connectivity index (χ2v) is 6.18. The van der Waals surface area contributed by atoms with Crippen LogP contribution in [0.2, 0.25) is 5.02 Å². The van der Waals surface area contributed by atoms with Gasteiger partial charge in [0.25, 0.3) is 0 Å². The number of hydrogen-bond donors (Lipinski definition) is 3. The van der Waals surface area contributed by atoms with E-state index in [2.05, 4.69) is 10.6 Å². The van der Waals surface area contributed by atoms with Gasteiger partial charge in [-0.15, -0.1) is 0 Å². The lowest BCUT2D eigenvalue weighted by Gasteiger charge is -2.13. The van der Waals surface area contributed by atoms with Gasteiger partial charge in [0.05, 0.1) is 17.7 Å². The fourth-order valence-corrected chi connectivity index (χ4v) is 2.74. The molecule has 6 nitrogen and oxygen atoms in total. The summed E-state index contributed by atoms with van der Waals surface area (Å²) >= 11 is 5.62. The minimum atomic E-state index is -0.960. The SMILES string of the molecule is O=C(NCC(O)c1ccc2c(c1)CCO2)C(=O)Nc1ccc(F)c(Cl)c1. The lowest BCUT2D eigenvalue weighted by atomic mass is 10.0. The normalized spacial score (nSPS) is 13.5. The Morgan fingerprint density at radius 1 is 1.23 bits per heavy atom. The summed E-state index contributed by atoms with van der Waals surface area (Å²) in [5.41, 5.74) is 1.81. The summed E-state index contributed by atoms with van der Waals surface area (Å²) in [5, 5.41) is 14.7. The quantitative estimate of drug-likeness (QED) is 0.712. The number of rotatable bonds is 4. The van der Waals surface area contributed by atoms with Gasteiger partial charge in [0, 0.05) is 18.7 Å². The molecular weight excluding hydrogens is 363 g/mol. The van der Waals surface area contributed by atoms with Gasteiger partial charge in [-0.05, 0) is 41.5 Å². The van der Waals surface area contributed by atoms with Crippen LogP contribution in [0.5, 0.6) is 5.75 Å². The lowest BCUT2D eigenvalue weighted by Crippen LogP contribution is -2.37. The Morgan fingerprint density at radius 3 is 2.81 bits per heavy atom. The summed E-state index contributed by atoms with van der Waals surface area (Å²) in [6.07, 6.45) is -0.192. The maximum absolute atomic E-state index is 13.1. The van der Waals surface area contributed by atoms with Gasteiger partial charge in [-0.25, -0.2) is 4.39 Å². The predicted octanol–water partition coefficient (Wildman–Crippen LogP) is 2.20. The van der Waals surface area contributed by atoms with Crippen LogP contribution in [0.25, 0.3) is 0 Å². The molecule has 0 aliphatic carbocycles. The molecule has 1 aliphatic rings. The number of hydrogen-bond acceptors (Lipinski definition) is 4. The molecule has 0 spiro atoms. The number of aliphatic hydroxyl groups is 1. The first kappa shape index (κ1) is 18.2. The standard InChI is InChI=1S/C18H16ClFN2O4/c19-13-8-12(2-3-14(13)20)22-18(25)17(24)21-9-15(23)10-1-4-16-11(7-10)5-6-26-16/h1-4,7-8,15,23H,5-6,9H2,(H,21,24)(H,22,25). The van der Waals surface area contributed by atoms with E-state index in [1.807, 2.05) is 6.07 Å². The number of carbonyl (C=O) groups is 2. The van der Waals surface area contributed by atoms with Gasteiger partial charge >= 0.3 is 11.8 Å². The molecule has 2 aromatic rings. The van der Waals surface area contributed by atoms with Crippen LogP contribution in [0.15, 0.2) is 36.4 Å². The van der Waals surface area contributed by atoms with Gasteiger partial charge < -0.3 is 20.5 Å². The second kappa shape index (κ2) is 7.72. The minimum absolute atomic E-state index is 0.129. The Labute approximate surface area is 153 Å². The van der Waals surface area contributed by atoms with Gasteiger partial charge in [0.1, 0.15) is 11.6 Å². The summed E-state index contributed by atoms with van der Waals surface area (Å²) in [4.78, 5) is 23.7. The smallest absolute Gasteiger partial charge is 0.313 e. The largest absolute Gasteiger partial charge is 0.493 e. The van der Waals surface area contributed by atoms with E-state index in [0.29, 0.717) is 12.2 Å². The van der Waals surface area contributed by atoms with Gasteiger partial charge in [-0.2, -0.15) is 0 Å². The summed E-state index contributed by atoms with van der Waals surface area (Å²) < 4.78 is 18.5. The van der Waals surface area contributed by atoms with Gasteiger partial charge in [-0.3, -0.25) is 9.59 Å². The van der Waals surface area contributed by atoms with Crippen LogP contribution in [-0.4, -0.2) is 30.1 Å². The maximum atomic E-state index is 13.1. The molecule has 0 bridgehead atoms. The third-order valence-corrected chi connectivity index (χ3v) is 4.23. The molecule has 0 aromatic heterocycles. The van der Waals surface area contributed by atoms with E-state index < -0.39 is 23.7 Å². The Morgan fingerprint density at radius 2 is 2.04 bits per heavy atom. The molecular formula is C18H16ClFN2O4. The van der Waals surface area contributed by atoms with Crippen molar-refractivity contribution >= 4 is 29.1 Å². The first-order valence-corrected chi connectivity index (χ1v) is 8.30. The molecule has 0 saturated carbocycles. The van der Waals surface area contributed by atoms with Crippen molar-refractivity contribution in [3.63, 3.8) is 0 Å². The summed E-state index contributed by atoms with van der Waals surface area (Å²) in [5.74, 6) is -1.70. The third-order valence-electron chi connectivity index (χ3n) is 3.94. The zero-order chi connectivity index (χ0) is 18.7. The fraction of sp³-hybridized carbons (Fsp3) is 0.222. The number of aliphatic hydroxyl groups excluding tert-OH is 1. The lowest BCUT2D eigenvalue weighted by molar-refractivity contribution is -0.136. The van der Waals surface area contributed by atoms with Crippen LogP contribution in [0.1, 0.15) is 17.2 Å². The molecule has 1 unspecified atom stereocenters. The zero-order valence-corrected chi connectivity index (χ0v) is 14.3. The van der Waals surface area contributed by atoms with E-state index in [1.165, 1.54) is 12.1 Å². The van der Waals surface area contributed by atoms with Crippen molar-refractivity contribution in [2.75, 3.05) is 18.5 Å². The van der Waals surface area contributed by atoms with Crippen molar-refractivity contribution in [3.8, 4) is 5.75 Å². The number of nitrogens with one attached hydrogen (secondary N) is 2. The van der Waals surface area contributed by atoms with E-state index in [4.69, 9.17) is 16.3 Å². The number of anilines is 1. The molecule has 1 atom stereocenters. The first-order chi connectivity index (χ1) is 12.4. The monoisotopic (exact) mass is 378 g/mol. The highest BCUT2D eigenvalue weighted by atomic mass is 35.5. The van der Waals surface area contributed by atoms with Crippen LogP contribution in [0.4, 0.5) is 10.1 Å². The molecule has 3 rings (SSSR count). The molecule has 1 heterocycles. The van der Waals surface area contributed by atoms with Crippen LogP contribution in [0, 0.1) is 5.82 Å². The topological polar surface area (TPSA) is 87.7 Å². The van der Waals surface area contributed by atoms with Crippen molar-refractivity contribution in [2.45, 2.75) is 12.5 Å². The van der Waals surface area contributed by atoms with Gasteiger partial charge in [0.15, 0.2) is 0 Å². The molecule has 0 saturated heterocycles. The average Bonchev–Trinajstić information content (AvgIpc) is 3.10. The molecule has 3 N–H and O–H groups in total. The number of benzene rings is 2. The van der Waals surface area contributed by atoms with Gasteiger partial charge in [-0.1, -0.05) is 17.7 Å². The van der Waals surface area contributed by atoms with Crippen LogP contribution < -0.4 is 15.4 Å². The van der Waals surface area contributed by atoms with E-state index >= 15 is 0 Å². The van der Waals surface area contributed by atoms with E-state index in [-0.39, 0.29) is 17.3 Å². The number of amides is 2. The van der Waals surface area contributed by atoms with Crippen molar-refractivity contribution in [1.29, 1.82) is 0 Å². The Hall–Kier alpha value is -2.64. The van der Waals surface area contributed by atoms with E-state index in [9.17, 15) is 19.1 Å². The summed E-state index contributed by atoms with van der Waals surface area (Å²) in [6.45, 7) is 0.481. The van der Waals surface area contributed by atoms with E-state index in [0.717, 1.165) is 23.8 Å². The van der Waals surface area contributed by atoms with Crippen LogP contribution in [-0.2, 0) is 16.0 Å². The van der Waals surface area contributed by atoms with Crippen LogP contribution >= 0.6 is 11.6 Å². The molecule has 2 aromatic carbocycles. The molecule has 0 radical (unpaired) electrons. The average molecular weight is 379 g/mol. The molecule has 8 heteroatoms. The molecule has 1 aliphatic heterocycles. The molecule has 2 amide bonds. The van der Waals surface area contributed by atoms with E-state index in [1.54, 1.807) is 12.1 Å². The fourth-order valence-electron chi connectivity index (χ4n) is 2.56. The highest BCUT2D eigenvalue weighted by Gasteiger charge is 2.18. The van der Waals surface area contributed by atoms with Gasteiger partial charge in [0.2, 0.25) is 0 Å². The number of fused-ring (bicyclic) bond motifs is 1. The maximum Gasteiger partial charge on any atom is 0.313 e. The van der Waals surface area contributed by atoms with Crippen molar-refractivity contribution in [2.24, 2.45) is 0 Å². The van der Waals surface area contributed by atoms with Crippen molar-refractivity contribution in [1.82, 2.24) is 5.32 Å². The predicted molar refractivity (Wildman–Crippen MR) is 93.7 cm³/mol. The Kier molecular flexibility index (Phi) is 5.39. The number of carbonyl (C=O) groups excluding carboxylic acids is 2. The molecule has 136 valence electrons. The zero-order valence-electron chi connectivity index (χ0n) is 13.6. The summed E-state index contributed by atoms with van der Waals surface area (Å²) in [7, 11) is 0. The highest BCUT2D eigenvalue weighted by molar-refractivity contribution is 6.39. The number of ether oxygens (including phenoxy) is 1.